The van der Waals surface area contributed by atoms with Crippen molar-refractivity contribution in [3.05, 3.63) is 17.9 Å². The minimum absolute atomic E-state index is 0.328. The van der Waals surface area contributed by atoms with E-state index in [1.54, 1.807) is 18.0 Å². The van der Waals surface area contributed by atoms with Crippen LogP contribution in [0, 0.1) is 5.82 Å². The number of nitrogens with one attached hydrogen (secondary N) is 1. The molecule has 3 N–H and O–H groups in total. The molecule has 0 aromatic heterocycles. The molecule has 1 amide bonds. The zero-order chi connectivity index (χ0) is 19.2. The summed E-state index contributed by atoms with van der Waals surface area (Å²) in [5.41, 5.74) is 6.81. The molecule has 1 aliphatic heterocycles. The number of nitrogens with two attached hydrogens (primary N) is 1. The van der Waals surface area contributed by atoms with Gasteiger partial charge in [-0.05, 0) is 26.8 Å². The summed E-state index contributed by atoms with van der Waals surface area (Å²) in [6.45, 7) is 11.6. The van der Waals surface area contributed by atoms with Gasteiger partial charge in [0.2, 0.25) is 0 Å². The number of hydrogen-bond donors (Lipinski definition) is 2. The second-order valence-electron chi connectivity index (χ2n) is 6.60. The van der Waals surface area contributed by atoms with Gasteiger partial charge in [-0.2, -0.15) is 0 Å². The Morgan fingerprint density at radius 2 is 1.76 bits per heavy atom. The number of amides is 1. The van der Waals surface area contributed by atoms with Gasteiger partial charge in [0.1, 0.15) is 11.4 Å². The Hall–Kier alpha value is -2.18. The molecule has 0 atom stereocenters. The number of anilines is 3. The van der Waals surface area contributed by atoms with E-state index in [0.717, 1.165) is 0 Å². The van der Waals surface area contributed by atoms with Crippen LogP contribution in [0.15, 0.2) is 12.1 Å². The molecule has 0 aliphatic carbocycles. The van der Waals surface area contributed by atoms with Crippen molar-refractivity contribution >= 4 is 23.2 Å². The van der Waals surface area contributed by atoms with E-state index in [-0.39, 0.29) is 11.9 Å². The Morgan fingerprint density at radius 3 is 2.24 bits per heavy atom. The Balaban J connectivity index is 0.00000151. The third-order valence-electron chi connectivity index (χ3n) is 3.66. The molecule has 0 radical (unpaired) electrons. The van der Waals surface area contributed by atoms with Crippen LogP contribution in [-0.2, 0) is 4.74 Å². The summed E-state index contributed by atoms with van der Waals surface area (Å²) in [6.07, 6.45) is -0.328. The van der Waals surface area contributed by atoms with Crippen molar-refractivity contribution in [3.63, 3.8) is 0 Å². The normalized spacial score (nSPS) is 14.5. The third-order valence-corrected chi connectivity index (χ3v) is 3.66. The van der Waals surface area contributed by atoms with Gasteiger partial charge in [-0.15, -0.1) is 0 Å². The predicted molar refractivity (Wildman–Crippen MR) is 102 cm³/mol. The lowest BCUT2D eigenvalue weighted by Crippen LogP contribution is -2.50. The number of nitrogen functional groups attached to an aromatic ring is 1. The molecule has 1 aromatic carbocycles. The lowest BCUT2D eigenvalue weighted by molar-refractivity contribution is 0.0240. The first-order chi connectivity index (χ1) is 11.7. The Morgan fingerprint density at radius 1 is 1.20 bits per heavy atom. The quantitative estimate of drug-likeness (QED) is 0.795. The summed E-state index contributed by atoms with van der Waals surface area (Å²) in [6, 6.07) is 3.02. The minimum Gasteiger partial charge on any atom is -0.444 e. The number of rotatable bonds is 2. The average Bonchev–Trinajstić information content (AvgIpc) is 2.55. The number of carbonyl (C=O) groups excluding carboxylic acids is 1. The number of benzene rings is 1. The molecule has 1 saturated heterocycles. The van der Waals surface area contributed by atoms with E-state index in [4.69, 9.17) is 10.5 Å². The van der Waals surface area contributed by atoms with Crippen LogP contribution in [0.25, 0.3) is 0 Å². The first-order valence-electron chi connectivity index (χ1n) is 8.71. The van der Waals surface area contributed by atoms with Crippen LogP contribution in [0.1, 0.15) is 34.6 Å². The van der Waals surface area contributed by atoms with Crippen molar-refractivity contribution < 1.29 is 13.9 Å². The van der Waals surface area contributed by atoms with E-state index < -0.39 is 5.60 Å². The molecule has 142 valence electrons. The van der Waals surface area contributed by atoms with Crippen molar-refractivity contribution in [2.45, 2.75) is 40.2 Å². The maximum absolute atomic E-state index is 14.2. The fourth-order valence-corrected chi connectivity index (χ4v) is 2.49. The van der Waals surface area contributed by atoms with Crippen molar-refractivity contribution in [1.29, 1.82) is 0 Å². The number of carbonyl (C=O) groups is 1. The van der Waals surface area contributed by atoms with Gasteiger partial charge in [-0.3, -0.25) is 0 Å². The summed E-state index contributed by atoms with van der Waals surface area (Å²) in [5, 5.41) is 2.95. The summed E-state index contributed by atoms with van der Waals surface area (Å²) in [7, 11) is 1.74. The van der Waals surface area contributed by atoms with Crippen LogP contribution in [0.3, 0.4) is 0 Å². The molecule has 0 saturated carbocycles. The molecule has 1 aliphatic rings. The number of piperazine rings is 1. The van der Waals surface area contributed by atoms with Gasteiger partial charge in [0.25, 0.3) is 0 Å². The first-order valence-corrected chi connectivity index (χ1v) is 8.71. The van der Waals surface area contributed by atoms with E-state index in [2.05, 4.69) is 5.32 Å². The largest absolute Gasteiger partial charge is 0.444 e. The van der Waals surface area contributed by atoms with E-state index in [0.29, 0.717) is 43.2 Å². The molecule has 7 heteroatoms. The van der Waals surface area contributed by atoms with E-state index in [9.17, 15) is 9.18 Å². The summed E-state index contributed by atoms with van der Waals surface area (Å²) in [5.74, 6) is -0.354. The molecular weight excluding hydrogens is 323 g/mol. The SMILES string of the molecule is CC.CNc1cc(N2CCN(C(=O)OC(C)(C)C)CC2)c(F)cc1N. The summed E-state index contributed by atoms with van der Waals surface area (Å²) in [4.78, 5) is 15.6. The zero-order valence-electron chi connectivity index (χ0n) is 16.1. The molecule has 25 heavy (non-hydrogen) atoms. The van der Waals surface area contributed by atoms with Gasteiger partial charge in [-0.25, -0.2) is 9.18 Å². The minimum atomic E-state index is -0.515. The van der Waals surface area contributed by atoms with Crippen LogP contribution in [0.5, 0.6) is 0 Å². The molecule has 2 rings (SSSR count). The van der Waals surface area contributed by atoms with Crippen molar-refractivity contribution in [1.82, 2.24) is 4.90 Å². The Bertz CT molecular complexity index is 579. The van der Waals surface area contributed by atoms with E-state index in [1.807, 2.05) is 39.5 Å². The number of nitrogens with zero attached hydrogens (tertiary/aromatic N) is 2. The highest BCUT2D eigenvalue weighted by Crippen LogP contribution is 2.29. The lowest BCUT2D eigenvalue weighted by Gasteiger charge is -2.37. The number of hydrogen-bond acceptors (Lipinski definition) is 5. The lowest BCUT2D eigenvalue weighted by atomic mass is 10.2. The van der Waals surface area contributed by atoms with Crippen molar-refractivity contribution in [2.24, 2.45) is 0 Å². The second kappa shape index (κ2) is 8.78. The number of halogens is 1. The molecule has 1 heterocycles. The molecule has 1 fully saturated rings. The molecule has 1 aromatic rings. The zero-order valence-corrected chi connectivity index (χ0v) is 16.1. The van der Waals surface area contributed by atoms with Crippen LogP contribution >= 0.6 is 0 Å². The third kappa shape index (κ3) is 5.69. The molecule has 0 unspecified atom stereocenters. The summed E-state index contributed by atoms with van der Waals surface area (Å²) >= 11 is 0. The standard InChI is InChI=1S/C16H25FN4O2.C2H6/c1-16(2,3)23-15(22)21-7-5-20(6-8-21)14-10-13(19-4)12(18)9-11(14)17;1-2/h9-10,19H,5-8,18H2,1-4H3;1-2H3. The summed E-state index contributed by atoms with van der Waals surface area (Å²) < 4.78 is 19.5. The van der Waals surface area contributed by atoms with Crippen LogP contribution in [0.4, 0.5) is 26.2 Å². The average molecular weight is 354 g/mol. The second-order valence-corrected chi connectivity index (χ2v) is 6.60. The van der Waals surface area contributed by atoms with E-state index in [1.165, 1.54) is 6.07 Å². The van der Waals surface area contributed by atoms with Crippen molar-refractivity contribution in [2.75, 3.05) is 49.2 Å². The highest BCUT2D eigenvalue weighted by atomic mass is 19.1. The van der Waals surface area contributed by atoms with Gasteiger partial charge in [0.15, 0.2) is 0 Å². The fraction of sp³-hybridized carbons (Fsp3) is 0.611. The smallest absolute Gasteiger partial charge is 0.410 e. The highest BCUT2D eigenvalue weighted by molar-refractivity contribution is 5.73. The van der Waals surface area contributed by atoms with Gasteiger partial charge in [0.05, 0.1) is 17.1 Å². The van der Waals surface area contributed by atoms with Gasteiger partial charge in [0, 0.05) is 39.3 Å². The fourth-order valence-electron chi connectivity index (χ4n) is 2.49. The Labute approximate surface area is 150 Å². The van der Waals surface area contributed by atoms with Gasteiger partial charge < -0.3 is 25.6 Å². The van der Waals surface area contributed by atoms with E-state index >= 15 is 0 Å². The Kier molecular flexibility index (Phi) is 7.33. The van der Waals surface area contributed by atoms with Crippen LogP contribution in [-0.4, -0.2) is 49.8 Å². The topological polar surface area (TPSA) is 70.8 Å². The molecular formula is C18H31FN4O2. The van der Waals surface area contributed by atoms with Crippen molar-refractivity contribution in [3.8, 4) is 0 Å². The first kappa shape index (κ1) is 20.9. The van der Waals surface area contributed by atoms with Crippen LogP contribution in [0.2, 0.25) is 0 Å². The highest BCUT2D eigenvalue weighted by Gasteiger charge is 2.27. The molecule has 6 nitrogen and oxygen atoms in total. The van der Waals surface area contributed by atoms with Gasteiger partial charge >= 0.3 is 6.09 Å². The number of ether oxygens (including phenoxy) is 1. The predicted octanol–water partition coefficient (Wildman–Crippen LogP) is 3.53. The van der Waals surface area contributed by atoms with Crippen LogP contribution < -0.4 is 16.0 Å². The maximum Gasteiger partial charge on any atom is 0.410 e. The molecule has 0 spiro atoms. The monoisotopic (exact) mass is 354 g/mol. The molecule has 0 bridgehead atoms. The maximum atomic E-state index is 14.2. The van der Waals surface area contributed by atoms with Gasteiger partial charge in [-0.1, -0.05) is 13.8 Å².